The summed E-state index contributed by atoms with van der Waals surface area (Å²) in [5, 5.41) is 5.63. The van der Waals surface area contributed by atoms with Gasteiger partial charge in [0.05, 0.1) is 13.1 Å². The van der Waals surface area contributed by atoms with Gasteiger partial charge in [-0.2, -0.15) is 0 Å². The highest BCUT2D eigenvalue weighted by atomic mass is 16.2. The van der Waals surface area contributed by atoms with Crippen molar-refractivity contribution in [3.05, 3.63) is 64.2 Å². The smallest absolute Gasteiger partial charge is 0.243 e. The Morgan fingerprint density at radius 3 is 2.11 bits per heavy atom. The number of ketones is 1. The van der Waals surface area contributed by atoms with E-state index in [-0.39, 0.29) is 36.6 Å². The van der Waals surface area contributed by atoms with E-state index in [0.717, 1.165) is 47.2 Å². The number of Topliss-reactive ketones (excluding diaryl/α,β-unsaturated/α-hetero) is 1. The molecule has 0 atom stereocenters. The van der Waals surface area contributed by atoms with E-state index in [0.29, 0.717) is 19.0 Å². The van der Waals surface area contributed by atoms with Gasteiger partial charge in [0.2, 0.25) is 11.8 Å². The van der Waals surface area contributed by atoms with Crippen molar-refractivity contribution >= 4 is 23.3 Å². The highest BCUT2D eigenvalue weighted by Crippen LogP contribution is 2.23. The summed E-state index contributed by atoms with van der Waals surface area (Å²) in [5.74, 6) is 0.370. The minimum atomic E-state index is -0.239. The van der Waals surface area contributed by atoms with Gasteiger partial charge in [0.1, 0.15) is 0 Å². The molecule has 2 aromatic carbocycles. The van der Waals surface area contributed by atoms with E-state index in [9.17, 15) is 14.4 Å². The van der Waals surface area contributed by atoms with Gasteiger partial charge in [-0.05, 0) is 75.7 Å². The van der Waals surface area contributed by atoms with Gasteiger partial charge in [-0.1, -0.05) is 55.8 Å². The Morgan fingerprint density at radius 1 is 0.943 bits per heavy atom. The molecule has 188 valence electrons. The van der Waals surface area contributed by atoms with E-state index in [1.165, 1.54) is 5.56 Å². The SMILES string of the molecule is Cc1cc(C)c(NC(=O)CNC(=O)CN2CCC(C(=O)c3ccc(CC(C)C)cc3)CC2)c(C)c1. The molecule has 2 amide bonds. The Bertz CT molecular complexity index is 1030. The van der Waals surface area contributed by atoms with Crippen LogP contribution < -0.4 is 10.6 Å². The quantitative estimate of drug-likeness (QED) is 0.523. The topological polar surface area (TPSA) is 78.5 Å². The van der Waals surface area contributed by atoms with Gasteiger partial charge in [-0.3, -0.25) is 19.3 Å². The number of benzene rings is 2. The fourth-order valence-electron chi connectivity index (χ4n) is 4.86. The maximum atomic E-state index is 12.9. The molecule has 6 heteroatoms. The minimum Gasteiger partial charge on any atom is -0.346 e. The van der Waals surface area contributed by atoms with Crippen LogP contribution in [0.4, 0.5) is 5.69 Å². The molecule has 0 spiro atoms. The van der Waals surface area contributed by atoms with Gasteiger partial charge in [0.25, 0.3) is 0 Å². The fraction of sp³-hybridized carbons (Fsp3) is 0.483. The van der Waals surface area contributed by atoms with Gasteiger partial charge < -0.3 is 10.6 Å². The second kappa shape index (κ2) is 12.1. The molecule has 0 saturated carbocycles. The Balaban J connectivity index is 1.40. The monoisotopic (exact) mass is 477 g/mol. The van der Waals surface area contributed by atoms with Gasteiger partial charge >= 0.3 is 0 Å². The molecule has 6 nitrogen and oxygen atoms in total. The lowest BCUT2D eigenvalue weighted by Crippen LogP contribution is -2.44. The Morgan fingerprint density at radius 2 is 1.54 bits per heavy atom. The zero-order valence-corrected chi connectivity index (χ0v) is 21.7. The number of rotatable bonds is 9. The first-order chi connectivity index (χ1) is 16.6. The molecule has 0 bridgehead atoms. The third-order valence-corrected chi connectivity index (χ3v) is 6.60. The summed E-state index contributed by atoms with van der Waals surface area (Å²) >= 11 is 0. The maximum Gasteiger partial charge on any atom is 0.243 e. The van der Waals surface area contributed by atoms with Crippen LogP contribution in [0.1, 0.15) is 59.3 Å². The number of amides is 2. The van der Waals surface area contributed by atoms with Gasteiger partial charge in [0, 0.05) is 17.2 Å². The summed E-state index contributed by atoms with van der Waals surface area (Å²) in [6, 6.07) is 12.1. The van der Waals surface area contributed by atoms with E-state index in [4.69, 9.17) is 0 Å². The molecule has 1 saturated heterocycles. The molecule has 0 aromatic heterocycles. The van der Waals surface area contributed by atoms with Crippen molar-refractivity contribution in [3.8, 4) is 0 Å². The summed E-state index contributed by atoms with van der Waals surface area (Å²) in [4.78, 5) is 39.7. The first-order valence-corrected chi connectivity index (χ1v) is 12.6. The molecular weight excluding hydrogens is 438 g/mol. The summed E-state index contributed by atoms with van der Waals surface area (Å²) in [5.41, 5.74) is 6.00. The molecule has 0 unspecified atom stereocenters. The standard InChI is InChI=1S/C29H39N3O3/c1-19(2)14-23-6-8-24(9-7-23)29(35)25-10-12-32(13-11-25)18-27(34)30-17-26(33)31-28-21(4)15-20(3)16-22(28)5/h6-9,15-16,19,25H,10-14,17-18H2,1-5H3,(H,30,34)(H,31,33). The molecule has 3 rings (SSSR count). The second-order valence-corrected chi connectivity index (χ2v) is 10.3. The van der Waals surface area contributed by atoms with Crippen molar-refractivity contribution in [3.63, 3.8) is 0 Å². The molecule has 2 aromatic rings. The first kappa shape index (κ1) is 26.6. The lowest BCUT2D eigenvalue weighted by Gasteiger charge is -2.30. The van der Waals surface area contributed by atoms with Crippen LogP contribution in [0, 0.1) is 32.6 Å². The number of piperidine rings is 1. The molecule has 1 heterocycles. The average molecular weight is 478 g/mol. The van der Waals surface area contributed by atoms with Crippen molar-refractivity contribution in [2.24, 2.45) is 11.8 Å². The predicted molar refractivity (Wildman–Crippen MR) is 141 cm³/mol. The normalized spacial score (nSPS) is 14.7. The van der Waals surface area contributed by atoms with Crippen LogP contribution in [0.5, 0.6) is 0 Å². The Labute approximate surface area is 209 Å². The average Bonchev–Trinajstić information content (AvgIpc) is 2.80. The van der Waals surface area contributed by atoms with E-state index in [1.807, 2.05) is 45.0 Å². The predicted octanol–water partition coefficient (Wildman–Crippen LogP) is 4.46. The number of likely N-dealkylation sites (tertiary alicyclic amines) is 1. The number of hydrogen-bond donors (Lipinski definition) is 2. The number of nitrogens with zero attached hydrogens (tertiary/aromatic N) is 1. The molecular formula is C29H39N3O3. The van der Waals surface area contributed by atoms with E-state index in [1.54, 1.807) is 0 Å². The van der Waals surface area contributed by atoms with E-state index < -0.39 is 0 Å². The Kier molecular flexibility index (Phi) is 9.21. The maximum absolute atomic E-state index is 12.9. The van der Waals surface area contributed by atoms with Gasteiger partial charge in [-0.15, -0.1) is 0 Å². The van der Waals surface area contributed by atoms with Crippen molar-refractivity contribution in [2.75, 3.05) is 31.5 Å². The molecule has 1 aliphatic heterocycles. The highest BCUT2D eigenvalue weighted by Gasteiger charge is 2.26. The van der Waals surface area contributed by atoms with Crippen LogP contribution >= 0.6 is 0 Å². The van der Waals surface area contributed by atoms with Gasteiger partial charge in [-0.25, -0.2) is 0 Å². The Hall–Kier alpha value is -2.99. The van der Waals surface area contributed by atoms with Crippen molar-refractivity contribution in [2.45, 2.75) is 53.9 Å². The molecule has 2 N–H and O–H groups in total. The molecule has 1 fully saturated rings. The summed E-state index contributed by atoms with van der Waals surface area (Å²) in [7, 11) is 0. The van der Waals surface area contributed by atoms with Gasteiger partial charge in [0.15, 0.2) is 5.78 Å². The number of nitrogens with one attached hydrogen (secondary N) is 2. The minimum absolute atomic E-state index is 0.00275. The fourth-order valence-corrected chi connectivity index (χ4v) is 4.86. The third-order valence-electron chi connectivity index (χ3n) is 6.60. The van der Waals surface area contributed by atoms with E-state index in [2.05, 4.69) is 41.5 Å². The summed E-state index contributed by atoms with van der Waals surface area (Å²) in [6.45, 7) is 11.9. The van der Waals surface area contributed by atoms with Crippen LogP contribution in [-0.4, -0.2) is 48.7 Å². The van der Waals surface area contributed by atoms with Crippen molar-refractivity contribution in [1.82, 2.24) is 10.2 Å². The largest absolute Gasteiger partial charge is 0.346 e. The summed E-state index contributed by atoms with van der Waals surface area (Å²) < 4.78 is 0. The number of carbonyl (C=O) groups is 3. The number of anilines is 1. The molecule has 0 radical (unpaired) electrons. The zero-order valence-electron chi connectivity index (χ0n) is 21.7. The third kappa shape index (κ3) is 7.76. The van der Waals surface area contributed by atoms with Crippen LogP contribution in [0.15, 0.2) is 36.4 Å². The first-order valence-electron chi connectivity index (χ1n) is 12.6. The lowest BCUT2D eigenvalue weighted by molar-refractivity contribution is -0.125. The second-order valence-electron chi connectivity index (χ2n) is 10.3. The van der Waals surface area contributed by atoms with Crippen LogP contribution in [0.25, 0.3) is 0 Å². The van der Waals surface area contributed by atoms with E-state index >= 15 is 0 Å². The van der Waals surface area contributed by atoms with Crippen LogP contribution in [-0.2, 0) is 16.0 Å². The summed E-state index contributed by atoms with van der Waals surface area (Å²) in [6.07, 6.45) is 2.50. The zero-order chi connectivity index (χ0) is 25.5. The molecule has 1 aliphatic rings. The molecule has 0 aliphatic carbocycles. The lowest BCUT2D eigenvalue weighted by atomic mass is 9.88. The number of carbonyl (C=O) groups excluding carboxylic acids is 3. The number of aryl methyl sites for hydroxylation is 3. The van der Waals surface area contributed by atoms with Crippen molar-refractivity contribution < 1.29 is 14.4 Å². The van der Waals surface area contributed by atoms with Crippen LogP contribution in [0.3, 0.4) is 0 Å². The molecule has 35 heavy (non-hydrogen) atoms. The van der Waals surface area contributed by atoms with Crippen LogP contribution in [0.2, 0.25) is 0 Å². The highest BCUT2D eigenvalue weighted by molar-refractivity contribution is 5.98. The number of hydrogen-bond acceptors (Lipinski definition) is 4. The van der Waals surface area contributed by atoms with Crippen molar-refractivity contribution in [1.29, 1.82) is 0 Å².